The number of ketones is 2. The van der Waals surface area contributed by atoms with Gasteiger partial charge in [0.1, 0.15) is 17.4 Å². The monoisotopic (exact) mass is 296 g/mol. The summed E-state index contributed by atoms with van der Waals surface area (Å²) in [6, 6.07) is 11.4. The molecular formula is C17H12O5. The summed E-state index contributed by atoms with van der Waals surface area (Å²) < 4.78 is 0. The SMILES string of the molecule is O=C1C(O)=C(c2ccc(O)cc2)C(=O)[C@@H]1c1ccc(O)cc1. The van der Waals surface area contributed by atoms with Gasteiger partial charge in [-0.2, -0.15) is 0 Å². The number of hydrogen-bond acceptors (Lipinski definition) is 5. The highest BCUT2D eigenvalue weighted by atomic mass is 16.3. The van der Waals surface area contributed by atoms with Crippen molar-refractivity contribution in [1.82, 2.24) is 0 Å². The van der Waals surface area contributed by atoms with E-state index in [9.17, 15) is 24.9 Å². The van der Waals surface area contributed by atoms with E-state index >= 15 is 0 Å². The molecule has 0 aromatic heterocycles. The third-order valence-corrected chi connectivity index (χ3v) is 3.62. The molecular weight excluding hydrogens is 284 g/mol. The molecule has 5 nitrogen and oxygen atoms in total. The number of aliphatic hydroxyl groups excluding tert-OH is 1. The van der Waals surface area contributed by atoms with Crippen LogP contribution in [0, 0.1) is 0 Å². The van der Waals surface area contributed by atoms with Crippen LogP contribution in [0.4, 0.5) is 0 Å². The van der Waals surface area contributed by atoms with Gasteiger partial charge in [0.05, 0.1) is 5.57 Å². The third kappa shape index (κ3) is 2.13. The van der Waals surface area contributed by atoms with Crippen molar-refractivity contribution in [2.75, 3.05) is 0 Å². The highest BCUT2D eigenvalue weighted by Gasteiger charge is 2.42. The number of carbonyl (C=O) groups is 2. The lowest BCUT2D eigenvalue weighted by molar-refractivity contribution is -0.123. The van der Waals surface area contributed by atoms with E-state index in [0.29, 0.717) is 11.1 Å². The summed E-state index contributed by atoms with van der Waals surface area (Å²) >= 11 is 0. The average Bonchev–Trinajstić information content (AvgIpc) is 2.72. The number of aromatic hydroxyl groups is 2. The summed E-state index contributed by atoms with van der Waals surface area (Å²) in [4.78, 5) is 24.7. The number of benzene rings is 2. The summed E-state index contributed by atoms with van der Waals surface area (Å²) in [6.45, 7) is 0. The topological polar surface area (TPSA) is 94.8 Å². The summed E-state index contributed by atoms with van der Waals surface area (Å²) in [6.07, 6.45) is 0. The predicted molar refractivity (Wildman–Crippen MR) is 78.5 cm³/mol. The highest BCUT2D eigenvalue weighted by Crippen LogP contribution is 2.37. The van der Waals surface area contributed by atoms with Gasteiger partial charge in [-0.3, -0.25) is 9.59 Å². The van der Waals surface area contributed by atoms with Crippen molar-refractivity contribution in [3.8, 4) is 11.5 Å². The van der Waals surface area contributed by atoms with Crippen LogP contribution in [0.5, 0.6) is 11.5 Å². The van der Waals surface area contributed by atoms with Crippen LogP contribution in [0.15, 0.2) is 54.3 Å². The average molecular weight is 296 g/mol. The Bertz CT molecular complexity index is 785. The lowest BCUT2D eigenvalue weighted by Gasteiger charge is -2.08. The molecule has 0 bridgehead atoms. The quantitative estimate of drug-likeness (QED) is 0.739. The van der Waals surface area contributed by atoms with Gasteiger partial charge in [-0.05, 0) is 35.4 Å². The molecule has 1 atom stereocenters. The predicted octanol–water partition coefficient (Wildman–Crippen LogP) is 2.30. The van der Waals surface area contributed by atoms with Crippen LogP contribution in [-0.4, -0.2) is 26.9 Å². The van der Waals surface area contributed by atoms with E-state index in [-0.39, 0.29) is 17.1 Å². The molecule has 3 N–H and O–H groups in total. The van der Waals surface area contributed by atoms with Gasteiger partial charge in [0, 0.05) is 0 Å². The van der Waals surface area contributed by atoms with Crippen LogP contribution in [-0.2, 0) is 9.59 Å². The second-order valence-electron chi connectivity index (χ2n) is 5.02. The Morgan fingerprint density at radius 1 is 0.682 bits per heavy atom. The third-order valence-electron chi connectivity index (χ3n) is 3.62. The molecule has 0 unspecified atom stereocenters. The Morgan fingerprint density at radius 2 is 1.18 bits per heavy atom. The molecule has 0 amide bonds. The smallest absolute Gasteiger partial charge is 0.213 e. The lowest BCUT2D eigenvalue weighted by atomic mass is 9.92. The minimum atomic E-state index is -1.11. The number of Topliss-reactive ketones (excluding diaryl/α,β-unsaturated/α-hetero) is 2. The number of aliphatic hydroxyl groups is 1. The van der Waals surface area contributed by atoms with Gasteiger partial charge in [-0.15, -0.1) is 0 Å². The van der Waals surface area contributed by atoms with Gasteiger partial charge < -0.3 is 15.3 Å². The van der Waals surface area contributed by atoms with Gasteiger partial charge in [-0.1, -0.05) is 24.3 Å². The zero-order valence-electron chi connectivity index (χ0n) is 11.4. The molecule has 22 heavy (non-hydrogen) atoms. The molecule has 110 valence electrons. The van der Waals surface area contributed by atoms with E-state index in [1.54, 1.807) is 0 Å². The zero-order chi connectivity index (χ0) is 15.9. The van der Waals surface area contributed by atoms with Crippen molar-refractivity contribution >= 4 is 17.1 Å². The van der Waals surface area contributed by atoms with Crippen LogP contribution in [0.25, 0.3) is 5.57 Å². The van der Waals surface area contributed by atoms with Crippen LogP contribution < -0.4 is 0 Å². The fourth-order valence-corrected chi connectivity index (χ4v) is 2.52. The second-order valence-corrected chi connectivity index (χ2v) is 5.02. The van der Waals surface area contributed by atoms with Crippen molar-refractivity contribution < 1.29 is 24.9 Å². The first kappa shape index (κ1) is 13.9. The lowest BCUT2D eigenvalue weighted by Crippen LogP contribution is -2.15. The fourth-order valence-electron chi connectivity index (χ4n) is 2.52. The van der Waals surface area contributed by atoms with Gasteiger partial charge in [0.15, 0.2) is 11.5 Å². The first-order valence-corrected chi connectivity index (χ1v) is 6.59. The molecule has 2 aromatic carbocycles. The molecule has 1 aliphatic rings. The van der Waals surface area contributed by atoms with Crippen molar-refractivity contribution in [3.05, 3.63) is 65.4 Å². The largest absolute Gasteiger partial charge is 0.508 e. The van der Waals surface area contributed by atoms with E-state index in [2.05, 4.69) is 0 Å². The van der Waals surface area contributed by atoms with Gasteiger partial charge in [0.25, 0.3) is 0 Å². The van der Waals surface area contributed by atoms with Crippen molar-refractivity contribution in [2.45, 2.75) is 5.92 Å². The summed E-state index contributed by atoms with van der Waals surface area (Å²) in [5, 5.41) is 28.6. The maximum atomic E-state index is 12.5. The molecule has 0 fully saturated rings. The Kier molecular flexibility index (Phi) is 3.18. The van der Waals surface area contributed by atoms with Gasteiger partial charge >= 0.3 is 0 Å². The molecule has 3 rings (SSSR count). The molecule has 0 saturated carbocycles. The van der Waals surface area contributed by atoms with Crippen LogP contribution in [0.1, 0.15) is 17.0 Å². The molecule has 0 saturated heterocycles. The Labute approximate surface area is 125 Å². The molecule has 0 aliphatic heterocycles. The molecule has 2 aromatic rings. The number of rotatable bonds is 2. The van der Waals surface area contributed by atoms with Crippen molar-refractivity contribution in [2.24, 2.45) is 0 Å². The summed E-state index contributed by atoms with van der Waals surface area (Å²) in [5.41, 5.74) is 0.728. The number of phenolic OH excluding ortho intramolecular Hbond substituents is 2. The molecule has 0 heterocycles. The van der Waals surface area contributed by atoms with Crippen LogP contribution in [0.3, 0.4) is 0 Å². The van der Waals surface area contributed by atoms with E-state index < -0.39 is 23.2 Å². The maximum absolute atomic E-state index is 12.5. The fraction of sp³-hybridized carbons (Fsp3) is 0.0588. The van der Waals surface area contributed by atoms with Crippen molar-refractivity contribution in [3.63, 3.8) is 0 Å². The number of hydrogen-bond donors (Lipinski definition) is 3. The minimum absolute atomic E-state index is 0.0238. The highest BCUT2D eigenvalue weighted by molar-refractivity contribution is 6.41. The van der Waals surface area contributed by atoms with Gasteiger partial charge in [-0.25, -0.2) is 0 Å². The molecule has 0 radical (unpaired) electrons. The molecule has 0 spiro atoms. The standard InChI is InChI=1S/C17H12O5/c18-11-5-1-9(2-6-11)13-15(20)14(17(22)16(13)21)10-3-7-12(19)8-4-10/h1-8,13,18-19,22H/t13-/m0/s1. The molecule has 5 heteroatoms. The Hall–Kier alpha value is -3.08. The van der Waals surface area contributed by atoms with E-state index in [1.807, 2.05) is 0 Å². The second kappa shape index (κ2) is 5.04. The number of allylic oxidation sites excluding steroid dienone is 2. The minimum Gasteiger partial charge on any atom is -0.508 e. The summed E-state index contributed by atoms with van der Waals surface area (Å²) in [7, 11) is 0. The summed E-state index contributed by atoms with van der Waals surface area (Å²) in [5.74, 6) is -2.80. The van der Waals surface area contributed by atoms with E-state index in [0.717, 1.165) is 0 Å². The first-order valence-electron chi connectivity index (χ1n) is 6.59. The normalized spacial score (nSPS) is 18.1. The van der Waals surface area contributed by atoms with Crippen molar-refractivity contribution in [1.29, 1.82) is 0 Å². The Balaban J connectivity index is 2.03. The maximum Gasteiger partial charge on any atom is 0.213 e. The van der Waals surface area contributed by atoms with Crippen LogP contribution >= 0.6 is 0 Å². The van der Waals surface area contributed by atoms with Crippen LogP contribution in [0.2, 0.25) is 0 Å². The van der Waals surface area contributed by atoms with E-state index in [4.69, 9.17) is 0 Å². The first-order chi connectivity index (χ1) is 10.5. The number of carbonyl (C=O) groups excluding carboxylic acids is 2. The number of phenols is 2. The van der Waals surface area contributed by atoms with E-state index in [1.165, 1.54) is 48.5 Å². The van der Waals surface area contributed by atoms with Gasteiger partial charge in [0.2, 0.25) is 5.78 Å². The molecule has 1 aliphatic carbocycles. The zero-order valence-corrected chi connectivity index (χ0v) is 11.4. The Morgan fingerprint density at radius 3 is 1.73 bits per heavy atom.